The van der Waals surface area contributed by atoms with Gasteiger partial charge in [0.1, 0.15) is 12.4 Å². The van der Waals surface area contributed by atoms with Crippen LogP contribution >= 0.6 is 0 Å². The smallest absolute Gasteiger partial charge is 0.213 e. The number of pyridine rings is 1. The topological polar surface area (TPSA) is 34.1 Å². The van der Waals surface area contributed by atoms with Crippen molar-refractivity contribution in [2.45, 2.75) is 32.3 Å². The highest BCUT2D eigenvalue weighted by atomic mass is 19.1. The number of ether oxygens (including phenoxy) is 1. The van der Waals surface area contributed by atoms with Gasteiger partial charge in [0.15, 0.2) is 0 Å². The van der Waals surface area contributed by atoms with Crippen LogP contribution in [-0.4, -0.2) is 18.1 Å². The summed E-state index contributed by atoms with van der Waals surface area (Å²) in [6.45, 7) is 4.14. The van der Waals surface area contributed by atoms with Crippen molar-refractivity contribution >= 4 is 0 Å². The summed E-state index contributed by atoms with van der Waals surface area (Å²) < 4.78 is 19.5. The van der Waals surface area contributed by atoms with Crippen LogP contribution in [0.4, 0.5) is 4.39 Å². The van der Waals surface area contributed by atoms with Crippen LogP contribution in [-0.2, 0) is 6.61 Å². The Morgan fingerprint density at radius 2 is 2.05 bits per heavy atom. The number of piperidine rings is 1. The normalized spacial score (nSPS) is 15.7. The molecule has 0 bridgehead atoms. The lowest BCUT2D eigenvalue weighted by molar-refractivity contribution is 0.286. The molecule has 1 fully saturated rings. The lowest BCUT2D eigenvalue weighted by Crippen LogP contribution is -2.27. The van der Waals surface area contributed by atoms with E-state index in [0.717, 1.165) is 37.2 Å². The minimum atomic E-state index is -0.227. The average Bonchev–Trinajstić information content (AvgIpc) is 2.55. The fourth-order valence-corrected chi connectivity index (χ4v) is 2.78. The summed E-state index contributed by atoms with van der Waals surface area (Å²) in [6.07, 6.45) is 2.20. The van der Waals surface area contributed by atoms with E-state index < -0.39 is 0 Å². The lowest BCUT2D eigenvalue weighted by Gasteiger charge is -2.22. The summed E-state index contributed by atoms with van der Waals surface area (Å²) in [4.78, 5) is 4.59. The Morgan fingerprint density at radius 1 is 1.23 bits per heavy atom. The summed E-state index contributed by atoms with van der Waals surface area (Å²) in [5, 5.41) is 3.36. The largest absolute Gasteiger partial charge is 0.473 e. The molecule has 116 valence electrons. The Kier molecular flexibility index (Phi) is 4.68. The predicted octanol–water partition coefficient (Wildman–Crippen LogP) is 3.58. The number of hydrogen-bond acceptors (Lipinski definition) is 3. The van der Waals surface area contributed by atoms with E-state index in [2.05, 4.69) is 16.4 Å². The van der Waals surface area contributed by atoms with Crippen molar-refractivity contribution in [3.63, 3.8) is 0 Å². The third kappa shape index (κ3) is 3.63. The van der Waals surface area contributed by atoms with Gasteiger partial charge in [0.2, 0.25) is 5.88 Å². The van der Waals surface area contributed by atoms with Crippen molar-refractivity contribution in [3.05, 3.63) is 59.0 Å². The van der Waals surface area contributed by atoms with Gasteiger partial charge < -0.3 is 10.1 Å². The number of aryl methyl sites for hydroxylation is 1. The lowest BCUT2D eigenvalue weighted by atomic mass is 9.94. The summed E-state index contributed by atoms with van der Waals surface area (Å²) in [5.41, 5.74) is 2.54. The molecular weight excluding hydrogens is 279 g/mol. The first kappa shape index (κ1) is 15.0. The summed E-state index contributed by atoms with van der Waals surface area (Å²) in [6, 6.07) is 11.0. The molecule has 3 rings (SSSR count). The number of rotatable bonds is 4. The molecule has 1 saturated heterocycles. The van der Waals surface area contributed by atoms with Gasteiger partial charge >= 0.3 is 0 Å². The van der Waals surface area contributed by atoms with E-state index in [0.29, 0.717) is 17.4 Å². The maximum Gasteiger partial charge on any atom is 0.213 e. The fraction of sp³-hybridized carbons (Fsp3) is 0.389. The van der Waals surface area contributed by atoms with Crippen LogP contribution in [0.25, 0.3) is 0 Å². The zero-order chi connectivity index (χ0) is 15.4. The Morgan fingerprint density at radius 3 is 2.82 bits per heavy atom. The van der Waals surface area contributed by atoms with Crippen molar-refractivity contribution in [3.8, 4) is 5.88 Å². The minimum Gasteiger partial charge on any atom is -0.473 e. The summed E-state index contributed by atoms with van der Waals surface area (Å²) >= 11 is 0. The molecule has 0 atom stereocenters. The SMILES string of the molecule is Cc1ccc(COc2cccc(C3CCNCC3)n2)c(F)c1. The van der Waals surface area contributed by atoms with Gasteiger partial charge in [-0.15, -0.1) is 0 Å². The van der Waals surface area contributed by atoms with Gasteiger partial charge in [-0.25, -0.2) is 9.37 Å². The molecule has 1 aliphatic heterocycles. The van der Waals surface area contributed by atoms with Gasteiger partial charge in [-0.1, -0.05) is 18.2 Å². The molecule has 3 nitrogen and oxygen atoms in total. The van der Waals surface area contributed by atoms with Crippen molar-refractivity contribution in [1.82, 2.24) is 10.3 Å². The molecule has 4 heteroatoms. The van der Waals surface area contributed by atoms with Crippen LogP contribution in [0.3, 0.4) is 0 Å². The van der Waals surface area contributed by atoms with Crippen LogP contribution < -0.4 is 10.1 Å². The van der Waals surface area contributed by atoms with Crippen molar-refractivity contribution < 1.29 is 9.13 Å². The summed E-state index contributed by atoms with van der Waals surface area (Å²) in [5.74, 6) is 0.825. The molecule has 0 amide bonds. The average molecular weight is 300 g/mol. The maximum atomic E-state index is 13.8. The van der Waals surface area contributed by atoms with E-state index in [1.165, 1.54) is 6.07 Å². The molecular formula is C18H21FN2O. The van der Waals surface area contributed by atoms with E-state index in [1.54, 1.807) is 6.07 Å². The van der Waals surface area contributed by atoms with Gasteiger partial charge in [0, 0.05) is 23.2 Å². The Hall–Kier alpha value is -1.94. The van der Waals surface area contributed by atoms with Crippen LogP contribution in [0.2, 0.25) is 0 Å². The quantitative estimate of drug-likeness (QED) is 0.937. The van der Waals surface area contributed by atoms with Gasteiger partial charge in [-0.05, 0) is 50.6 Å². The molecule has 0 aliphatic carbocycles. The Balaban J connectivity index is 1.67. The van der Waals surface area contributed by atoms with E-state index >= 15 is 0 Å². The highest BCUT2D eigenvalue weighted by Gasteiger charge is 2.16. The van der Waals surface area contributed by atoms with Crippen molar-refractivity contribution in [2.75, 3.05) is 13.1 Å². The van der Waals surface area contributed by atoms with Gasteiger partial charge in [0.05, 0.1) is 0 Å². The molecule has 2 heterocycles. The third-order valence-corrected chi connectivity index (χ3v) is 4.09. The van der Waals surface area contributed by atoms with Gasteiger partial charge in [0.25, 0.3) is 0 Å². The highest BCUT2D eigenvalue weighted by molar-refractivity contribution is 5.24. The number of aromatic nitrogens is 1. The van der Waals surface area contributed by atoms with Gasteiger partial charge in [-0.3, -0.25) is 0 Å². The van der Waals surface area contributed by atoms with Gasteiger partial charge in [-0.2, -0.15) is 0 Å². The first-order valence-electron chi connectivity index (χ1n) is 7.78. The zero-order valence-corrected chi connectivity index (χ0v) is 12.8. The second-order valence-corrected chi connectivity index (χ2v) is 5.81. The van der Waals surface area contributed by atoms with Crippen LogP contribution in [0, 0.1) is 12.7 Å². The molecule has 0 saturated carbocycles. The van der Waals surface area contributed by atoms with E-state index in [4.69, 9.17) is 4.74 Å². The monoisotopic (exact) mass is 300 g/mol. The molecule has 22 heavy (non-hydrogen) atoms. The second-order valence-electron chi connectivity index (χ2n) is 5.81. The maximum absolute atomic E-state index is 13.8. The van der Waals surface area contributed by atoms with E-state index in [9.17, 15) is 4.39 Å². The zero-order valence-electron chi connectivity index (χ0n) is 12.8. The molecule has 0 radical (unpaired) electrons. The number of nitrogens with zero attached hydrogens (tertiary/aromatic N) is 1. The molecule has 0 unspecified atom stereocenters. The van der Waals surface area contributed by atoms with Crippen molar-refractivity contribution in [1.29, 1.82) is 0 Å². The molecule has 0 spiro atoms. The van der Waals surface area contributed by atoms with E-state index in [1.807, 2.05) is 25.1 Å². The number of halogens is 1. The number of hydrogen-bond donors (Lipinski definition) is 1. The predicted molar refractivity (Wildman–Crippen MR) is 84.6 cm³/mol. The second kappa shape index (κ2) is 6.88. The number of benzene rings is 1. The molecule has 1 N–H and O–H groups in total. The number of nitrogens with one attached hydrogen (secondary N) is 1. The summed E-state index contributed by atoms with van der Waals surface area (Å²) in [7, 11) is 0. The van der Waals surface area contributed by atoms with E-state index in [-0.39, 0.29) is 12.4 Å². The third-order valence-electron chi connectivity index (χ3n) is 4.09. The Labute approximate surface area is 130 Å². The van der Waals surface area contributed by atoms with Crippen molar-refractivity contribution in [2.24, 2.45) is 0 Å². The molecule has 1 aromatic heterocycles. The highest BCUT2D eigenvalue weighted by Crippen LogP contribution is 2.25. The van der Waals surface area contributed by atoms with Crippen LogP contribution in [0.1, 0.15) is 35.6 Å². The molecule has 1 aliphatic rings. The standard InChI is InChI=1S/C18H21FN2O/c1-13-5-6-15(16(19)11-13)12-22-18-4-2-3-17(21-18)14-7-9-20-10-8-14/h2-6,11,14,20H,7-10,12H2,1H3. The molecule has 1 aromatic carbocycles. The molecule has 2 aromatic rings. The first-order valence-corrected chi connectivity index (χ1v) is 7.78. The first-order chi connectivity index (χ1) is 10.7. The van der Waals surface area contributed by atoms with Crippen LogP contribution in [0.5, 0.6) is 5.88 Å². The van der Waals surface area contributed by atoms with Crippen LogP contribution in [0.15, 0.2) is 36.4 Å². The fourth-order valence-electron chi connectivity index (χ4n) is 2.78. The minimum absolute atomic E-state index is 0.203. The Bertz CT molecular complexity index is 639.